The number of H-pyrrole nitrogens is 1. The molecule has 3 atom stereocenters. The Bertz CT molecular complexity index is 1390. The standard InChI is InChI=1S/C22H21F2N7O/c1-9-17(12-5-27-30-21(12)18(19(9)24)20(25)10-2-3-10)14-7-31-8-15(28-16(31)6-26-14)29-22(32)11-4-13(11)23/h5-8,10-11,13,20H,2-4,25H2,1H3,(H,27,30)(H,29,32). The van der Waals surface area contributed by atoms with Gasteiger partial charge in [0.1, 0.15) is 12.0 Å². The van der Waals surface area contributed by atoms with Crippen LogP contribution in [-0.2, 0) is 4.79 Å². The van der Waals surface area contributed by atoms with Crippen LogP contribution in [0.15, 0.2) is 24.8 Å². The number of halogens is 2. The van der Waals surface area contributed by atoms with Crippen molar-refractivity contribution in [2.45, 2.75) is 38.4 Å². The second-order valence-corrected chi connectivity index (χ2v) is 8.76. The van der Waals surface area contributed by atoms with E-state index >= 15 is 4.39 Å². The number of hydrogen-bond donors (Lipinski definition) is 3. The van der Waals surface area contributed by atoms with E-state index < -0.39 is 12.1 Å². The van der Waals surface area contributed by atoms with E-state index in [0.29, 0.717) is 45.3 Å². The number of amides is 1. The van der Waals surface area contributed by atoms with Crippen molar-refractivity contribution in [3.05, 3.63) is 41.7 Å². The summed E-state index contributed by atoms with van der Waals surface area (Å²) in [7, 11) is 0. The van der Waals surface area contributed by atoms with Crippen LogP contribution in [0, 0.1) is 24.6 Å². The second kappa shape index (κ2) is 6.80. The van der Waals surface area contributed by atoms with Crippen LogP contribution in [0.2, 0.25) is 0 Å². The number of aromatic nitrogens is 5. The van der Waals surface area contributed by atoms with Gasteiger partial charge in [0.25, 0.3) is 0 Å². The number of imidazole rings is 1. The molecule has 2 fully saturated rings. The first-order valence-corrected chi connectivity index (χ1v) is 10.6. The number of carbonyl (C=O) groups is 1. The molecule has 0 radical (unpaired) electrons. The first kappa shape index (κ1) is 19.3. The van der Waals surface area contributed by atoms with Crippen molar-refractivity contribution in [3.63, 3.8) is 0 Å². The van der Waals surface area contributed by atoms with Crippen molar-refractivity contribution in [1.82, 2.24) is 24.6 Å². The van der Waals surface area contributed by atoms with Crippen molar-refractivity contribution in [3.8, 4) is 11.3 Å². The van der Waals surface area contributed by atoms with Crippen molar-refractivity contribution < 1.29 is 13.6 Å². The predicted octanol–water partition coefficient (Wildman–Crippen LogP) is 3.43. The number of benzene rings is 1. The van der Waals surface area contributed by atoms with Crippen LogP contribution >= 0.6 is 0 Å². The van der Waals surface area contributed by atoms with Crippen LogP contribution in [0.25, 0.3) is 27.8 Å². The summed E-state index contributed by atoms with van der Waals surface area (Å²) in [4.78, 5) is 20.8. The van der Waals surface area contributed by atoms with Gasteiger partial charge in [-0.25, -0.2) is 13.8 Å². The van der Waals surface area contributed by atoms with E-state index in [4.69, 9.17) is 5.73 Å². The molecule has 0 aliphatic heterocycles. The molecule has 3 heterocycles. The van der Waals surface area contributed by atoms with Gasteiger partial charge in [0.15, 0.2) is 11.5 Å². The molecule has 0 spiro atoms. The Labute approximate surface area is 181 Å². The molecule has 0 saturated heterocycles. The summed E-state index contributed by atoms with van der Waals surface area (Å²) in [6.45, 7) is 1.72. The molecule has 2 saturated carbocycles. The van der Waals surface area contributed by atoms with E-state index in [1.807, 2.05) is 0 Å². The van der Waals surface area contributed by atoms with E-state index in [1.54, 1.807) is 36.1 Å². The normalized spacial score (nSPS) is 21.2. The molecule has 10 heteroatoms. The Balaban J connectivity index is 1.42. The third kappa shape index (κ3) is 2.97. The SMILES string of the molecule is Cc1c(F)c(C(N)C2CC2)c2[nH]ncc2c1-c1cn2cc(NC(=O)C3CC3F)nc2cn1. The van der Waals surface area contributed by atoms with Gasteiger partial charge in [-0.2, -0.15) is 5.10 Å². The van der Waals surface area contributed by atoms with Crippen molar-refractivity contribution in [2.75, 3.05) is 5.32 Å². The molecule has 4 aromatic rings. The zero-order valence-electron chi connectivity index (χ0n) is 17.3. The fourth-order valence-electron chi connectivity index (χ4n) is 4.38. The number of nitrogens with one attached hydrogen (secondary N) is 2. The molecular formula is C22H21F2N7O. The molecular weight excluding hydrogens is 416 g/mol. The lowest BCUT2D eigenvalue weighted by Crippen LogP contribution is -2.16. The minimum atomic E-state index is -1.08. The molecule has 2 aliphatic rings. The smallest absolute Gasteiger partial charge is 0.231 e. The van der Waals surface area contributed by atoms with E-state index in [9.17, 15) is 9.18 Å². The van der Waals surface area contributed by atoms with Crippen LogP contribution in [0.4, 0.5) is 14.6 Å². The lowest BCUT2D eigenvalue weighted by Gasteiger charge is -2.17. The van der Waals surface area contributed by atoms with Gasteiger partial charge in [0, 0.05) is 28.8 Å². The lowest BCUT2D eigenvalue weighted by molar-refractivity contribution is -0.117. The molecule has 4 N–H and O–H groups in total. The van der Waals surface area contributed by atoms with Gasteiger partial charge < -0.3 is 15.5 Å². The molecule has 164 valence electrons. The number of hydrogen-bond acceptors (Lipinski definition) is 5. The largest absolute Gasteiger partial charge is 0.324 e. The number of carbonyl (C=O) groups excluding carboxylic acids is 1. The number of alkyl halides is 1. The van der Waals surface area contributed by atoms with Crippen LogP contribution in [0.3, 0.4) is 0 Å². The van der Waals surface area contributed by atoms with Crippen LogP contribution < -0.4 is 11.1 Å². The number of anilines is 1. The Morgan fingerprint density at radius 1 is 1.34 bits per heavy atom. The number of nitrogens with two attached hydrogens (primary N) is 1. The molecule has 8 nitrogen and oxygen atoms in total. The summed E-state index contributed by atoms with van der Waals surface area (Å²) in [6, 6.07) is -0.378. The highest BCUT2D eigenvalue weighted by Gasteiger charge is 2.43. The summed E-state index contributed by atoms with van der Waals surface area (Å²) in [5.74, 6) is -0.723. The molecule has 1 aromatic carbocycles. The lowest BCUT2D eigenvalue weighted by atomic mass is 9.92. The number of rotatable bonds is 5. The average molecular weight is 437 g/mol. The monoisotopic (exact) mass is 437 g/mol. The molecule has 2 aliphatic carbocycles. The average Bonchev–Trinajstić information content (AvgIpc) is 3.66. The van der Waals surface area contributed by atoms with Gasteiger partial charge in [0.2, 0.25) is 5.91 Å². The van der Waals surface area contributed by atoms with Crippen molar-refractivity contribution >= 4 is 28.3 Å². The first-order chi connectivity index (χ1) is 15.4. The zero-order valence-corrected chi connectivity index (χ0v) is 17.3. The van der Waals surface area contributed by atoms with E-state index in [0.717, 1.165) is 18.2 Å². The molecule has 6 rings (SSSR count). The minimum Gasteiger partial charge on any atom is -0.324 e. The Hall–Kier alpha value is -3.40. The maximum atomic E-state index is 15.5. The quantitative estimate of drug-likeness (QED) is 0.443. The Morgan fingerprint density at radius 2 is 2.12 bits per heavy atom. The highest BCUT2D eigenvalue weighted by molar-refractivity contribution is 5.97. The Kier molecular flexibility index (Phi) is 4.10. The van der Waals surface area contributed by atoms with Gasteiger partial charge >= 0.3 is 0 Å². The van der Waals surface area contributed by atoms with Crippen LogP contribution in [0.5, 0.6) is 0 Å². The maximum Gasteiger partial charge on any atom is 0.231 e. The molecule has 0 bridgehead atoms. The number of aromatic amines is 1. The summed E-state index contributed by atoms with van der Waals surface area (Å²) < 4.78 is 30.3. The predicted molar refractivity (Wildman–Crippen MR) is 114 cm³/mol. The summed E-state index contributed by atoms with van der Waals surface area (Å²) >= 11 is 0. The van der Waals surface area contributed by atoms with Crippen LogP contribution in [0.1, 0.15) is 36.4 Å². The van der Waals surface area contributed by atoms with Crippen LogP contribution in [-0.4, -0.2) is 36.6 Å². The number of fused-ring (bicyclic) bond motifs is 2. The van der Waals surface area contributed by atoms with Gasteiger partial charge in [-0.1, -0.05) is 0 Å². The van der Waals surface area contributed by atoms with Crippen molar-refractivity contribution in [2.24, 2.45) is 17.6 Å². The summed E-state index contributed by atoms with van der Waals surface area (Å²) in [6.07, 6.45) is 7.74. The van der Waals surface area contributed by atoms with Crippen molar-refractivity contribution in [1.29, 1.82) is 0 Å². The van der Waals surface area contributed by atoms with Gasteiger partial charge in [0.05, 0.1) is 35.7 Å². The summed E-state index contributed by atoms with van der Waals surface area (Å²) in [5.41, 5.74) is 9.54. The van der Waals surface area contributed by atoms with Gasteiger partial charge in [-0.3, -0.25) is 14.9 Å². The molecule has 1 amide bonds. The number of nitrogens with zero attached hydrogens (tertiary/aromatic N) is 4. The molecule has 32 heavy (non-hydrogen) atoms. The van der Waals surface area contributed by atoms with Gasteiger partial charge in [-0.05, 0) is 37.7 Å². The van der Waals surface area contributed by atoms with E-state index in [1.165, 1.54) is 0 Å². The van der Waals surface area contributed by atoms with E-state index in [-0.39, 0.29) is 24.2 Å². The first-order valence-electron chi connectivity index (χ1n) is 10.6. The fraction of sp³-hybridized carbons (Fsp3) is 0.364. The highest BCUT2D eigenvalue weighted by Crippen LogP contribution is 2.44. The van der Waals surface area contributed by atoms with E-state index in [2.05, 4.69) is 25.5 Å². The fourth-order valence-corrected chi connectivity index (χ4v) is 4.38. The maximum absolute atomic E-state index is 15.5. The summed E-state index contributed by atoms with van der Waals surface area (Å²) in [5, 5.41) is 10.5. The third-order valence-corrected chi connectivity index (χ3v) is 6.48. The van der Waals surface area contributed by atoms with Gasteiger partial charge in [-0.15, -0.1) is 0 Å². The molecule has 3 unspecified atom stereocenters. The highest BCUT2D eigenvalue weighted by atomic mass is 19.1. The third-order valence-electron chi connectivity index (χ3n) is 6.48. The topological polar surface area (TPSA) is 114 Å². The second-order valence-electron chi connectivity index (χ2n) is 8.76. The molecule has 3 aromatic heterocycles. The minimum absolute atomic E-state index is 0.247. The Morgan fingerprint density at radius 3 is 2.84 bits per heavy atom. The zero-order chi connectivity index (χ0) is 22.1.